The molecular weight excluding hydrogens is 401 g/mol. The zero-order chi connectivity index (χ0) is 19.6. The first-order valence-corrected chi connectivity index (χ1v) is 8.87. The first-order chi connectivity index (χ1) is 12.7. The molecule has 0 aliphatic rings. The summed E-state index contributed by atoms with van der Waals surface area (Å²) in [6.45, 7) is 0. The van der Waals surface area contributed by atoms with E-state index in [0.717, 1.165) is 23.5 Å². The van der Waals surface area contributed by atoms with Crippen LogP contribution in [0.15, 0.2) is 53.9 Å². The fourth-order valence-corrected chi connectivity index (χ4v) is 3.21. The number of nitrogens with zero attached hydrogens (tertiary/aromatic N) is 1. The SMILES string of the molecule is O=C(Nc1ccc(Cl)cc1)c1csc(C(O)c2cccc(C(F)(F)F)c2)n1. The molecule has 2 N–H and O–H groups in total. The van der Waals surface area contributed by atoms with Crippen LogP contribution in [0.2, 0.25) is 5.02 Å². The van der Waals surface area contributed by atoms with Gasteiger partial charge in [0, 0.05) is 16.1 Å². The monoisotopic (exact) mass is 412 g/mol. The van der Waals surface area contributed by atoms with Crippen LogP contribution in [0.5, 0.6) is 0 Å². The van der Waals surface area contributed by atoms with Gasteiger partial charge in [-0.1, -0.05) is 23.7 Å². The van der Waals surface area contributed by atoms with Crippen molar-refractivity contribution in [2.75, 3.05) is 5.32 Å². The average Bonchev–Trinajstić information content (AvgIpc) is 3.13. The van der Waals surface area contributed by atoms with Crippen LogP contribution in [0.25, 0.3) is 0 Å². The summed E-state index contributed by atoms with van der Waals surface area (Å²) in [4.78, 5) is 16.3. The molecule has 0 spiro atoms. The molecule has 27 heavy (non-hydrogen) atoms. The molecule has 0 fully saturated rings. The maximum atomic E-state index is 12.8. The number of alkyl halides is 3. The average molecular weight is 413 g/mol. The van der Waals surface area contributed by atoms with Crippen LogP contribution in [-0.2, 0) is 6.18 Å². The van der Waals surface area contributed by atoms with E-state index in [1.807, 2.05) is 0 Å². The van der Waals surface area contributed by atoms with Gasteiger partial charge in [0.15, 0.2) is 0 Å². The Bertz CT molecular complexity index is 958. The Morgan fingerprint density at radius 3 is 2.56 bits per heavy atom. The molecule has 4 nitrogen and oxygen atoms in total. The number of amides is 1. The normalized spacial score (nSPS) is 12.6. The first-order valence-electron chi connectivity index (χ1n) is 7.61. The van der Waals surface area contributed by atoms with E-state index in [1.54, 1.807) is 24.3 Å². The highest BCUT2D eigenvalue weighted by Crippen LogP contribution is 2.32. The molecule has 3 rings (SSSR count). The zero-order valence-corrected chi connectivity index (χ0v) is 15.1. The summed E-state index contributed by atoms with van der Waals surface area (Å²) >= 11 is 6.76. The van der Waals surface area contributed by atoms with E-state index in [4.69, 9.17) is 11.6 Å². The van der Waals surface area contributed by atoms with Gasteiger partial charge in [-0.2, -0.15) is 13.2 Å². The highest BCUT2D eigenvalue weighted by molar-refractivity contribution is 7.10. The second-order valence-corrected chi connectivity index (χ2v) is 6.88. The molecule has 1 unspecified atom stereocenters. The molecule has 0 aliphatic heterocycles. The van der Waals surface area contributed by atoms with Crippen molar-refractivity contribution in [3.05, 3.63) is 80.8 Å². The second kappa shape index (κ2) is 7.67. The Balaban J connectivity index is 1.76. The van der Waals surface area contributed by atoms with Crippen molar-refractivity contribution in [1.82, 2.24) is 4.98 Å². The maximum Gasteiger partial charge on any atom is 0.416 e. The molecule has 1 atom stereocenters. The summed E-state index contributed by atoms with van der Waals surface area (Å²) in [6.07, 6.45) is -5.88. The minimum Gasteiger partial charge on any atom is -0.381 e. The summed E-state index contributed by atoms with van der Waals surface area (Å²) in [5.74, 6) is -0.504. The van der Waals surface area contributed by atoms with Gasteiger partial charge in [-0.05, 0) is 42.0 Å². The lowest BCUT2D eigenvalue weighted by Crippen LogP contribution is -2.13. The third-order valence-corrected chi connectivity index (χ3v) is 4.77. The molecule has 140 valence electrons. The molecule has 3 aromatic rings. The van der Waals surface area contributed by atoms with Gasteiger partial charge in [-0.15, -0.1) is 11.3 Å². The van der Waals surface area contributed by atoms with Crippen LogP contribution in [-0.4, -0.2) is 16.0 Å². The van der Waals surface area contributed by atoms with Gasteiger partial charge in [0.1, 0.15) is 16.8 Å². The molecule has 0 saturated heterocycles. The Morgan fingerprint density at radius 2 is 1.89 bits per heavy atom. The van der Waals surface area contributed by atoms with Crippen molar-refractivity contribution < 1.29 is 23.1 Å². The number of aliphatic hydroxyl groups excluding tert-OH is 1. The van der Waals surface area contributed by atoms with Gasteiger partial charge in [0.05, 0.1) is 5.56 Å². The van der Waals surface area contributed by atoms with E-state index in [1.165, 1.54) is 17.5 Å². The van der Waals surface area contributed by atoms with Gasteiger partial charge in [0.25, 0.3) is 5.91 Å². The topological polar surface area (TPSA) is 62.2 Å². The maximum absolute atomic E-state index is 12.8. The standard InChI is InChI=1S/C18H12ClF3N2O2S/c19-12-4-6-13(7-5-12)23-16(26)14-9-27-17(24-14)15(25)10-2-1-3-11(8-10)18(20,21)22/h1-9,15,25H,(H,23,26). The fraction of sp³-hybridized carbons (Fsp3) is 0.111. The van der Waals surface area contributed by atoms with Crippen LogP contribution in [0.3, 0.4) is 0 Å². The first kappa shape index (κ1) is 19.3. The lowest BCUT2D eigenvalue weighted by atomic mass is 10.1. The number of rotatable bonds is 4. The van der Waals surface area contributed by atoms with Gasteiger partial charge < -0.3 is 10.4 Å². The number of anilines is 1. The van der Waals surface area contributed by atoms with E-state index in [2.05, 4.69) is 10.3 Å². The predicted octanol–water partition coefficient (Wildman–Crippen LogP) is 5.15. The molecule has 0 radical (unpaired) electrons. The van der Waals surface area contributed by atoms with Crippen molar-refractivity contribution in [3.63, 3.8) is 0 Å². The summed E-state index contributed by atoms with van der Waals surface area (Å²) in [7, 11) is 0. The largest absolute Gasteiger partial charge is 0.416 e. The molecule has 1 heterocycles. The summed E-state index contributed by atoms with van der Waals surface area (Å²) in [6, 6.07) is 10.8. The number of hydrogen-bond donors (Lipinski definition) is 2. The lowest BCUT2D eigenvalue weighted by Gasteiger charge is -2.11. The smallest absolute Gasteiger partial charge is 0.381 e. The molecular formula is C18H12ClF3N2O2S. The van der Waals surface area contributed by atoms with Crippen molar-refractivity contribution >= 4 is 34.5 Å². The van der Waals surface area contributed by atoms with Crippen LogP contribution >= 0.6 is 22.9 Å². The predicted molar refractivity (Wildman–Crippen MR) is 97.0 cm³/mol. The lowest BCUT2D eigenvalue weighted by molar-refractivity contribution is -0.137. The minimum atomic E-state index is -4.51. The molecule has 0 saturated carbocycles. The number of halogens is 4. The van der Waals surface area contributed by atoms with Gasteiger partial charge in [0.2, 0.25) is 0 Å². The van der Waals surface area contributed by atoms with Crippen molar-refractivity contribution in [1.29, 1.82) is 0 Å². The quantitative estimate of drug-likeness (QED) is 0.623. The summed E-state index contributed by atoms with van der Waals surface area (Å²) in [5.41, 5.74) is -0.256. The van der Waals surface area contributed by atoms with Crippen LogP contribution < -0.4 is 5.32 Å². The number of carbonyl (C=O) groups is 1. The Morgan fingerprint density at radius 1 is 1.19 bits per heavy atom. The number of aromatic nitrogens is 1. The number of hydrogen-bond acceptors (Lipinski definition) is 4. The van der Waals surface area contributed by atoms with E-state index in [-0.39, 0.29) is 16.3 Å². The third kappa shape index (κ3) is 4.65. The Labute approximate surface area is 161 Å². The van der Waals surface area contributed by atoms with Gasteiger partial charge in [-0.3, -0.25) is 4.79 Å². The van der Waals surface area contributed by atoms with Gasteiger partial charge in [-0.25, -0.2) is 4.98 Å². The van der Waals surface area contributed by atoms with E-state index in [9.17, 15) is 23.1 Å². The number of aliphatic hydroxyl groups is 1. The Kier molecular flexibility index (Phi) is 5.50. The summed E-state index contributed by atoms with van der Waals surface area (Å²) < 4.78 is 38.5. The molecule has 1 amide bonds. The Hall–Kier alpha value is -2.42. The van der Waals surface area contributed by atoms with Crippen molar-refractivity contribution in [3.8, 4) is 0 Å². The summed E-state index contributed by atoms with van der Waals surface area (Å²) in [5, 5.41) is 15.0. The molecule has 2 aromatic carbocycles. The van der Waals surface area contributed by atoms with Crippen LogP contribution in [0.4, 0.5) is 18.9 Å². The second-order valence-electron chi connectivity index (χ2n) is 5.56. The molecule has 0 aliphatic carbocycles. The van der Waals surface area contributed by atoms with Crippen molar-refractivity contribution in [2.24, 2.45) is 0 Å². The highest BCUT2D eigenvalue weighted by atomic mass is 35.5. The van der Waals surface area contributed by atoms with Crippen LogP contribution in [0, 0.1) is 0 Å². The highest BCUT2D eigenvalue weighted by Gasteiger charge is 2.31. The van der Waals surface area contributed by atoms with Crippen molar-refractivity contribution in [2.45, 2.75) is 12.3 Å². The number of benzene rings is 2. The number of carbonyl (C=O) groups excluding carboxylic acids is 1. The zero-order valence-electron chi connectivity index (χ0n) is 13.5. The molecule has 9 heteroatoms. The van der Waals surface area contributed by atoms with E-state index >= 15 is 0 Å². The third-order valence-electron chi connectivity index (χ3n) is 3.62. The van der Waals surface area contributed by atoms with Gasteiger partial charge >= 0.3 is 6.18 Å². The fourth-order valence-electron chi connectivity index (χ4n) is 2.27. The van der Waals surface area contributed by atoms with E-state index in [0.29, 0.717) is 10.7 Å². The molecule has 1 aromatic heterocycles. The minimum absolute atomic E-state index is 0.0452. The number of nitrogens with one attached hydrogen (secondary N) is 1. The molecule has 0 bridgehead atoms. The number of thiazole rings is 1. The van der Waals surface area contributed by atoms with Crippen LogP contribution in [0.1, 0.15) is 32.7 Å². The van der Waals surface area contributed by atoms with E-state index < -0.39 is 23.8 Å².